The predicted molar refractivity (Wildman–Crippen MR) is 71.7 cm³/mol. The molecule has 1 aromatic rings. The van der Waals surface area contributed by atoms with Gasteiger partial charge in [0.25, 0.3) is 0 Å². The first-order valence-corrected chi connectivity index (χ1v) is 6.19. The summed E-state index contributed by atoms with van der Waals surface area (Å²) in [5, 5.41) is 0. The van der Waals surface area contributed by atoms with Crippen molar-refractivity contribution >= 4 is 17.2 Å². The molecule has 3 rings (SSSR count). The molecule has 0 bridgehead atoms. The second-order valence-corrected chi connectivity index (χ2v) is 5.68. The first-order valence-electron chi connectivity index (χ1n) is 6.19. The van der Waals surface area contributed by atoms with Gasteiger partial charge in [0.15, 0.2) is 6.73 Å². The Kier molecular flexibility index (Phi) is 2.12. The van der Waals surface area contributed by atoms with Gasteiger partial charge in [0.2, 0.25) is 0 Å². The zero-order valence-corrected chi connectivity index (χ0v) is 11.2. The highest BCUT2D eigenvalue weighted by atomic mass is 16.5. The molecule has 0 aliphatic carbocycles. The van der Waals surface area contributed by atoms with Crippen LogP contribution in [0.1, 0.15) is 42.3 Å². The number of esters is 1. The number of carbonyl (C=O) groups is 1. The summed E-state index contributed by atoms with van der Waals surface area (Å²) < 4.78 is 5.28. The van der Waals surface area contributed by atoms with Crippen LogP contribution in [0.5, 0.6) is 0 Å². The van der Waals surface area contributed by atoms with Crippen molar-refractivity contribution in [1.29, 1.82) is 0 Å². The number of ether oxygens (including phenoxy) is 1. The molecule has 1 aromatic carbocycles. The number of aryl methyl sites for hydroxylation is 1. The van der Waals surface area contributed by atoms with Crippen LogP contribution in [0.25, 0.3) is 5.57 Å². The molecule has 2 aliphatic rings. The van der Waals surface area contributed by atoms with Gasteiger partial charge in [-0.05, 0) is 51.0 Å². The zero-order chi connectivity index (χ0) is 13.1. The fraction of sp³-hybridized carbons (Fsp3) is 0.400. The molecule has 94 valence electrons. The molecule has 2 heterocycles. The highest BCUT2D eigenvalue weighted by Gasteiger charge is 2.38. The number of carbonyl (C=O) groups excluding carboxylic acids is 1. The van der Waals surface area contributed by atoms with Crippen LogP contribution in [0.2, 0.25) is 0 Å². The molecule has 0 unspecified atom stereocenters. The van der Waals surface area contributed by atoms with E-state index < -0.39 is 0 Å². The van der Waals surface area contributed by atoms with Crippen LogP contribution in [-0.4, -0.2) is 18.2 Å². The lowest BCUT2D eigenvalue weighted by atomic mass is 9.86. The quantitative estimate of drug-likeness (QED) is 0.656. The summed E-state index contributed by atoms with van der Waals surface area (Å²) in [5.74, 6) is -0.211. The van der Waals surface area contributed by atoms with Crippen LogP contribution in [0.4, 0.5) is 5.69 Å². The molecule has 0 N–H and O–H groups in total. The molecule has 0 saturated heterocycles. The maximum Gasteiger partial charge on any atom is 0.342 e. The minimum absolute atomic E-state index is 0.123. The number of anilines is 1. The van der Waals surface area contributed by atoms with Gasteiger partial charge in [-0.1, -0.05) is 6.08 Å². The summed E-state index contributed by atoms with van der Waals surface area (Å²) >= 11 is 0. The predicted octanol–water partition coefficient (Wildman–Crippen LogP) is 3.12. The van der Waals surface area contributed by atoms with E-state index in [1.165, 1.54) is 5.57 Å². The Balaban J connectivity index is 2.35. The minimum Gasteiger partial charge on any atom is -0.441 e. The number of hydrogen-bond acceptors (Lipinski definition) is 3. The summed E-state index contributed by atoms with van der Waals surface area (Å²) in [6.45, 7) is 8.73. The molecule has 0 saturated carbocycles. The molecule has 2 aliphatic heterocycles. The van der Waals surface area contributed by atoms with Crippen molar-refractivity contribution in [3.63, 3.8) is 0 Å². The maximum absolute atomic E-state index is 11.9. The Bertz CT molecular complexity index is 584. The fourth-order valence-corrected chi connectivity index (χ4v) is 2.93. The largest absolute Gasteiger partial charge is 0.441 e. The van der Waals surface area contributed by atoms with Crippen molar-refractivity contribution in [2.75, 3.05) is 11.6 Å². The van der Waals surface area contributed by atoms with E-state index in [0.717, 1.165) is 16.8 Å². The van der Waals surface area contributed by atoms with Crippen LogP contribution >= 0.6 is 0 Å². The molecule has 0 radical (unpaired) electrons. The van der Waals surface area contributed by atoms with Crippen LogP contribution in [0.15, 0.2) is 18.2 Å². The lowest BCUT2D eigenvalue weighted by Gasteiger charge is -2.45. The molecule has 0 amide bonds. The monoisotopic (exact) mass is 243 g/mol. The molecule has 0 fully saturated rings. The average Bonchev–Trinajstić information content (AvgIpc) is 2.27. The van der Waals surface area contributed by atoms with Gasteiger partial charge >= 0.3 is 5.97 Å². The first-order chi connectivity index (χ1) is 8.40. The second-order valence-electron chi connectivity index (χ2n) is 5.68. The smallest absolute Gasteiger partial charge is 0.342 e. The first kappa shape index (κ1) is 11.3. The molecule has 3 nitrogen and oxygen atoms in total. The number of allylic oxidation sites excluding steroid dienone is 1. The Morgan fingerprint density at radius 3 is 2.61 bits per heavy atom. The molecule has 0 aromatic heterocycles. The van der Waals surface area contributed by atoms with Crippen LogP contribution in [0.3, 0.4) is 0 Å². The van der Waals surface area contributed by atoms with E-state index in [1.54, 1.807) is 0 Å². The molecule has 3 heteroatoms. The van der Waals surface area contributed by atoms with Crippen molar-refractivity contribution in [1.82, 2.24) is 0 Å². The number of cyclic esters (lactones) is 1. The van der Waals surface area contributed by atoms with E-state index in [0.29, 0.717) is 12.3 Å². The molecule has 0 spiro atoms. The Morgan fingerprint density at radius 1 is 1.22 bits per heavy atom. The van der Waals surface area contributed by atoms with Crippen molar-refractivity contribution in [3.8, 4) is 0 Å². The minimum atomic E-state index is -0.211. The third kappa shape index (κ3) is 1.40. The van der Waals surface area contributed by atoms with Gasteiger partial charge < -0.3 is 9.64 Å². The van der Waals surface area contributed by atoms with E-state index in [1.807, 2.05) is 13.0 Å². The normalized spacial score (nSPS) is 20.1. The number of benzene rings is 1. The summed E-state index contributed by atoms with van der Waals surface area (Å²) in [7, 11) is 0. The summed E-state index contributed by atoms with van der Waals surface area (Å²) in [6, 6.07) is 4.06. The van der Waals surface area contributed by atoms with E-state index in [-0.39, 0.29) is 11.5 Å². The van der Waals surface area contributed by atoms with Gasteiger partial charge in [0.05, 0.1) is 16.8 Å². The SMILES string of the molecule is CC1=CC(C)(C)N2COC(=O)c3cc(C)cc1c32. The number of nitrogens with zero attached hydrogens (tertiary/aromatic N) is 1. The van der Waals surface area contributed by atoms with Gasteiger partial charge in [-0.3, -0.25) is 0 Å². The van der Waals surface area contributed by atoms with Gasteiger partial charge in [0, 0.05) is 5.56 Å². The number of hydrogen-bond donors (Lipinski definition) is 0. The van der Waals surface area contributed by atoms with E-state index in [2.05, 4.69) is 37.8 Å². The third-order valence-corrected chi connectivity index (χ3v) is 3.76. The van der Waals surface area contributed by atoms with Gasteiger partial charge in [-0.2, -0.15) is 0 Å². The fourth-order valence-electron chi connectivity index (χ4n) is 2.93. The van der Waals surface area contributed by atoms with Crippen molar-refractivity contribution in [3.05, 3.63) is 34.9 Å². The molecule has 18 heavy (non-hydrogen) atoms. The topological polar surface area (TPSA) is 29.5 Å². The highest BCUT2D eigenvalue weighted by Crippen LogP contribution is 2.43. The summed E-state index contributed by atoms with van der Waals surface area (Å²) in [5.41, 5.74) is 5.07. The van der Waals surface area contributed by atoms with Crippen molar-refractivity contribution in [2.24, 2.45) is 0 Å². The van der Waals surface area contributed by atoms with Crippen molar-refractivity contribution < 1.29 is 9.53 Å². The Labute approximate surface area is 107 Å². The molecule has 0 atom stereocenters. The number of rotatable bonds is 0. The second kappa shape index (κ2) is 3.37. The lowest BCUT2D eigenvalue weighted by molar-refractivity contribution is 0.0463. The molecular formula is C15H17NO2. The summed E-state index contributed by atoms with van der Waals surface area (Å²) in [4.78, 5) is 14.1. The third-order valence-electron chi connectivity index (χ3n) is 3.76. The van der Waals surface area contributed by atoms with Crippen LogP contribution < -0.4 is 4.90 Å². The average molecular weight is 243 g/mol. The van der Waals surface area contributed by atoms with E-state index in [9.17, 15) is 4.79 Å². The Hall–Kier alpha value is -1.77. The summed E-state index contributed by atoms with van der Waals surface area (Å²) in [6.07, 6.45) is 2.23. The van der Waals surface area contributed by atoms with Gasteiger partial charge in [-0.25, -0.2) is 4.79 Å². The zero-order valence-electron chi connectivity index (χ0n) is 11.2. The van der Waals surface area contributed by atoms with Crippen LogP contribution in [0, 0.1) is 6.92 Å². The van der Waals surface area contributed by atoms with Gasteiger partial charge in [-0.15, -0.1) is 0 Å². The molecular weight excluding hydrogens is 226 g/mol. The van der Waals surface area contributed by atoms with Crippen molar-refractivity contribution in [2.45, 2.75) is 33.2 Å². The van der Waals surface area contributed by atoms with Crippen LogP contribution in [-0.2, 0) is 4.74 Å². The Morgan fingerprint density at radius 2 is 1.89 bits per heavy atom. The maximum atomic E-state index is 11.9. The van der Waals surface area contributed by atoms with E-state index in [4.69, 9.17) is 4.74 Å². The lowest BCUT2D eigenvalue weighted by Crippen LogP contribution is -2.49. The highest BCUT2D eigenvalue weighted by molar-refractivity contribution is 6.02. The van der Waals surface area contributed by atoms with Gasteiger partial charge in [0.1, 0.15) is 0 Å². The van der Waals surface area contributed by atoms with E-state index >= 15 is 0 Å². The standard InChI is InChI=1S/C15H17NO2/c1-9-5-11-10(2)7-15(3,4)16-8-18-14(17)12(6-9)13(11)16/h5-7H,8H2,1-4H3.